The highest BCUT2D eigenvalue weighted by molar-refractivity contribution is 5.96. The molecule has 3 atom stereocenters. The Bertz CT molecular complexity index is 1340. The summed E-state index contributed by atoms with van der Waals surface area (Å²) in [7, 11) is 0. The summed E-state index contributed by atoms with van der Waals surface area (Å²) in [5.41, 5.74) is -1.28. The van der Waals surface area contributed by atoms with E-state index in [4.69, 9.17) is 0 Å². The SMILES string of the molecule is O=C1c2c(O)c(=O)cnn2[C@@H](C(c2ccc(F)c(F)c2)c2cc(F)ccc2F)[C@H]2CCCN12. The molecule has 2 aliphatic heterocycles. The third kappa shape index (κ3) is 3.28. The van der Waals surface area contributed by atoms with Gasteiger partial charge in [-0.2, -0.15) is 5.10 Å². The van der Waals surface area contributed by atoms with Crippen molar-refractivity contribution in [2.45, 2.75) is 30.8 Å². The number of aromatic hydroxyl groups is 1. The van der Waals surface area contributed by atoms with E-state index in [1.54, 1.807) is 0 Å². The molecule has 1 unspecified atom stereocenters. The van der Waals surface area contributed by atoms with E-state index in [2.05, 4.69) is 5.10 Å². The third-order valence-electron chi connectivity index (χ3n) is 6.36. The monoisotopic (exact) mass is 459 g/mol. The van der Waals surface area contributed by atoms with Crippen LogP contribution in [0.2, 0.25) is 0 Å². The Kier molecular flexibility index (Phi) is 4.95. The number of carbonyl (C=O) groups excluding carboxylic acids is 1. The molecule has 1 aromatic heterocycles. The van der Waals surface area contributed by atoms with Crippen LogP contribution < -0.4 is 5.43 Å². The van der Waals surface area contributed by atoms with Crippen molar-refractivity contribution in [2.75, 3.05) is 6.54 Å². The maximum absolute atomic E-state index is 15.0. The number of nitrogens with zero attached hydrogens (tertiary/aromatic N) is 3. The molecule has 10 heteroatoms. The molecule has 0 spiro atoms. The first-order valence-corrected chi connectivity index (χ1v) is 10.3. The van der Waals surface area contributed by atoms with Gasteiger partial charge in [-0.1, -0.05) is 6.07 Å². The molecule has 170 valence electrons. The Labute approximate surface area is 184 Å². The zero-order valence-corrected chi connectivity index (χ0v) is 17.0. The van der Waals surface area contributed by atoms with Crippen LogP contribution in [0.1, 0.15) is 46.4 Å². The fraction of sp³-hybridized carbons (Fsp3) is 0.261. The molecule has 6 nitrogen and oxygen atoms in total. The van der Waals surface area contributed by atoms with E-state index in [1.807, 2.05) is 0 Å². The summed E-state index contributed by atoms with van der Waals surface area (Å²) < 4.78 is 58.3. The first kappa shape index (κ1) is 21.2. The summed E-state index contributed by atoms with van der Waals surface area (Å²) in [5, 5.41) is 14.4. The highest BCUT2D eigenvalue weighted by atomic mass is 19.2. The van der Waals surface area contributed by atoms with Crippen molar-refractivity contribution in [1.82, 2.24) is 14.7 Å². The maximum Gasteiger partial charge on any atom is 0.276 e. The van der Waals surface area contributed by atoms with E-state index in [1.165, 1.54) is 11.0 Å². The van der Waals surface area contributed by atoms with Gasteiger partial charge in [0, 0.05) is 18.0 Å². The van der Waals surface area contributed by atoms with Crippen molar-refractivity contribution in [3.05, 3.63) is 92.9 Å². The summed E-state index contributed by atoms with van der Waals surface area (Å²) in [6, 6.07) is 4.34. The van der Waals surface area contributed by atoms with E-state index >= 15 is 4.39 Å². The van der Waals surface area contributed by atoms with Gasteiger partial charge in [0.25, 0.3) is 5.91 Å². The second kappa shape index (κ2) is 7.72. The Hall–Kier alpha value is -3.69. The number of carbonyl (C=O) groups is 1. The van der Waals surface area contributed by atoms with Gasteiger partial charge in [-0.25, -0.2) is 17.6 Å². The number of benzene rings is 2. The number of hydrogen-bond acceptors (Lipinski definition) is 4. The number of fused-ring (bicyclic) bond motifs is 2. The van der Waals surface area contributed by atoms with Crippen LogP contribution in [0.4, 0.5) is 17.6 Å². The second-order valence-electron chi connectivity index (χ2n) is 8.17. The Morgan fingerprint density at radius 2 is 1.76 bits per heavy atom. The van der Waals surface area contributed by atoms with Crippen molar-refractivity contribution >= 4 is 5.91 Å². The molecule has 0 radical (unpaired) electrons. The van der Waals surface area contributed by atoms with Crippen molar-refractivity contribution < 1.29 is 27.5 Å². The van der Waals surface area contributed by atoms with Crippen LogP contribution in [0.3, 0.4) is 0 Å². The number of rotatable bonds is 3. The minimum atomic E-state index is -1.18. The molecule has 1 amide bonds. The summed E-state index contributed by atoms with van der Waals surface area (Å²) in [5.74, 6) is -6.37. The molecule has 5 rings (SSSR count). The fourth-order valence-corrected chi connectivity index (χ4v) is 4.97. The van der Waals surface area contributed by atoms with Gasteiger partial charge < -0.3 is 10.0 Å². The van der Waals surface area contributed by atoms with E-state index < -0.39 is 58.4 Å². The van der Waals surface area contributed by atoms with Gasteiger partial charge in [0.15, 0.2) is 23.1 Å². The maximum atomic E-state index is 15.0. The van der Waals surface area contributed by atoms with E-state index in [0.717, 1.165) is 41.2 Å². The molecule has 0 aliphatic carbocycles. The molecule has 2 aliphatic rings. The zero-order chi connectivity index (χ0) is 23.4. The topological polar surface area (TPSA) is 75.4 Å². The van der Waals surface area contributed by atoms with Gasteiger partial charge in [0.2, 0.25) is 5.43 Å². The molecule has 1 N–H and O–H groups in total. The quantitative estimate of drug-likeness (QED) is 0.609. The number of hydrogen-bond donors (Lipinski definition) is 1. The lowest BCUT2D eigenvalue weighted by Crippen LogP contribution is -2.51. The van der Waals surface area contributed by atoms with Gasteiger partial charge in [0.05, 0.1) is 18.3 Å². The molecule has 3 aromatic rings. The van der Waals surface area contributed by atoms with Gasteiger partial charge >= 0.3 is 0 Å². The highest BCUT2D eigenvalue weighted by Crippen LogP contribution is 2.46. The molecular weight excluding hydrogens is 442 g/mol. The van der Waals surface area contributed by atoms with Crippen LogP contribution in [0, 0.1) is 23.3 Å². The van der Waals surface area contributed by atoms with Crippen molar-refractivity contribution in [2.24, 2.45) is 0 Å². The van der Waals surface area contributed by atoms with Crippen LogP contribution in [0.25, 0.3) is 0 Å². The van der Waals surface area contributed by atoms with Gasteiger partial charge in [-0.3, -0.25) is 14.3 Å². The molecule has 0 bridgehead atoms. The van der Waals surface area contributed by atoms with Crippen LogP contribution >= 0.6 is 0 Å². The molecule has 33 heavy (non-hydrogen) atoms. The molecule has 1 fully saturated rings. The molecule has 3 heterocycles. The Morgan fingerprint density at radius 1 is 1.00 bits per heavy atom. The summed E-state index contributed by atoms with van der Waals surface area (Å²) in [4.78, 5) is 26.5. The van der Waals surface area contributed by atoms with Crippen molar-refractivity contribution in [3.63, 3.8) is 0 Å². The Balaban J connectivity index is 1.82. The predicted molar refractivity (Wildman–Crippen MR) is 108 cm³/mol. The molecule has 2 aromatic carbocycles. The number of amides is 1. The van der Waals surface area contributed by atoms with Gasteiger partial charge in [-0.05, 0) is 48.7 Å². The number of halogens is 4. The van der Waals surface area contributed by atoms with Crippen molar-refractivity contribution in [1.29, 1.82) is 0 Å². The standard InChI is InChI=1S/C23H17F4N3O3/c24-12-4-6-14(25)13(9-12)19(11-3-5-15(26)16(27)8-11)20-17-2-1-7-29(17)23(33)21-22(32)18(31)10-28-30(20)21/h3-6,8-10,17,19-20,32H,1-2,7H2/t17-,19?,20-/m1/s1. The zero-order valence-electron chi connectivity index (χ0n) is 17.0. The van der Waals surface area contributed by atoms with E-state index in [-0.39, 0.29) is 16.8 Å². The van der Waals surface area contributed by atoms with Crippen LogP contribution in [-0.4, -0.2) is 38.3 Å². The lowest BCUT2D eigenvalue weighted by Gasteiger charge is -2.42. The summed E-state index contributed by atoms with van der Waals surface area (Å²) in [6.07, 6.45) is 1.89. The summed E-state index contributed by atoms with van der Waals surface area (Å²) in [6.45, 7) is 0.318. The normalized spacial score (nSPS) is 20.5. The minimum absolute atomic E-state index is 0.121. The predicted octanol–water partition coefficient (Wildman–Crippen LogP) is 3.50. The summed E-state index contributed by atoms with van der Waals surface area (Å²) >= 11 is 0. The van der Waals surface area contributed by atoms with Gasteiger partial charge in [-0.15, -0.1) is 0 Å². The molecular formula is C23H17F4N3O3. The van der Waals surface area contributed by atoms with E-state index in [0.29, 0.717) is 19.4 Å². The first-order valence-electron chi connectivity index (χ1n) is 10.3. The minimum Gasteiger partial charge on any atom is -0.502 e. The second-order valence-corrected chi connectivity index (χ2v) is 8.17. The fourth-order valence-electron chi connectivity index (χ4n) is 4.97. The first-order chi connectivity index (χ1) is 15.8. The molecule has 1 saturated heterocycles. The van der Waals surface area contributed by atoms with Gasteiger partial charge in [0.1, 0.15) is 11.6 Å². The largest absolute Gasteiger partial charge is 0.502 e. The number of aromatic nitrogens is 2. The lowest BCUT2D eigenvalue weighted by atomic mass is 9.79. The third-order valence-corrected chi connectivity index (χ3v) is 6.36. The smallest absolute Gasteiger partial charge is 0.276 e. The average molecular weight is 459 g/mol. The highest BCUT2D eigenvalue weighted by Gasteiger charge is 2.48. The molecule has 0 saturated carbocycles. The van der Waals surface area contributed by atoms with Crippen LogP contribution in [0.15, 0.2) is 47.4 Å². The van der Waals surface area contributed by atoms with Crippen molar-refractivity contribution in [3.8, 4) is 5.75 Å². The van der Waals surface area contributed by atoms with Crippen LogP contribution in [0.5, 0.6) is 5.75 Å². The average Bonchev–Trinajstić information content (AvgIpc) is 3.27. The Morgan fingerprint density at radius 3 is 2.52 bits per heavy atom. The van der Waals surface area contributed by atoms with Crippen LogP contribution in [-0.2, 0) is 0 Å². The van der Waals surface area contributed by atoms with E-state index in [9.17, 15) is 27.9 Å². The lowest BCUT2D eigenvalue weighted by molar-refractivity contribution is 0.0564.